The zero-order valence-corrected chi connectivity index (χ0v) is 14.5. The molecule has 2 N–H and O–H groups in total. The van der Waals surface area contributed by atoms with E-state index in [0.29, 0.717) is 36.1 Å². The normalized spacial score (nSPS) is 17.0. The average molecular weight is 357 g/mol. The highest BCUT2D eigenvalue weighted by atomic mass is 16.5. The third-order valence-electron chi connectivity index (χ3n) is 3.87. The first-order valence-electron chi connectivity index (χ1n) is 8.15. The topological polar surface area (TPSA) is 117 Å². The van der Waals surface area contributed by atoms with Crippen LogP contribution in [-0.4, -0.2) is 51.4 Å². The molecule has 3 heterocycles. The van der Waals surface area contributed by atoms with Crippen molar-refractivity contribution in [2.24, 2.45) is 0 Å². The summed E-state index contributed by atoms with van der Waals surface area (Å²) >= 11 is 0. The highest BCUT2D eigenvalue weighted by Gasteiger charge is 2.27. The van der Waals surface area contributed by atoms with Gasteiger partial charge in [-0.1, -0.05) is 0 Å². The Morgan fingerprint density at radius 1 is 1.38 bits per heavy atom. The predicted molar refractivity (Wildman–Crippen MR) is 92.7 cm³/mol. The molecule has 0 saturated carbocycles. The Balaban J connectivity index is 1.78. The lowest BCUT2D eigenvalue weighted by atomic mass is 10.1. The summed E-state index contributed by atoms with van der Waals surface area (Å²) in [7, 11) is 0. The second-order valence-corrected chi connectivity index (χ2v) is 5.98. The minimum Gasteiger partial charge on any atom is -0.368 e. The van der Waals surface area contributed by atoms with Gasteiger partial charge in [0.05, 0.1) is 18.8 Å². The van der Waals surface area contributed by atoms with Crippen molar-refractivity contribution >= 4 is 17.6 Å². The molecule has 9 heteroatoms. The van der Waals surface area contributed by atoms with Gasteiger partial charge in [-0.05, 0) is 19.1 Å². The molecule has 9 nitrogen and oxygen atoms in total. The van der Waals surface area contributed by atoms with Gasteiger partial charge in [0.25, 0.3) is 11.5 Å². The molecule has 26 heavy (non-hydrogen) atoms. The molecule has 136 valence electrons. The fraction of sp³-hybridized carbons (Fsp3) is 0.353. The van der Waals surface area contributed by atoms with Crippen LogP contribution in [0.1, 0.15) is 34.9 Å². The van der Waals surface area contributed by atoms with Gasteiger partial charge in [-0.15, -0.1) is 0 Å². The van der Waals surface area contributed by atoms with Gasteiger partial charge in [0.15, 0.2) is 0 Å². The number of hydrogen-bond donors (Lipinski definition) is 2. The number of nitrogens with zero attached hydrogens (tertiary/aromatic N) is 3. The number of anilines is 1. The molecule has 3 rings (SSSR count). The largest absolute Gasteiger partial charge is 0.368 e. The number of pyridine rings is 1. The highest BCUT2D eigenvalue weighted by molar-refractivity contribution is 5.96. The lowest BCUT2D eigenvalue weighted by Crippen LogP contribution is -2.42. The lowest BCUT2D eigenvalue weighted by Gasteiger charge is -2.32. The third-order valence-corrected chi connectivity index (χ3v) is 3.87. The van der Waals surface area contributed by atoms with E-state index < -0.39 is 6.10 Å². The van der Waals surface area contributed by atoms with Crippen molar-refractivity contribution in [1.82, 2.24) is 19.9 Å². The number of H-pyrrole nitrogens is 1. The van der Waals surface area contributed by atoms with Gasteiger partial charge in [-0.3, -0.25) is 14.4 Å². The number of ether oxygens (including phenoxy) is 1. The molecular weight excluding hydrogens is 338 g/mol. The highest BCUT2D eigenvalue weighted by Crippen LogP contribution is 2.21. The maximum atomic E-state index is 12.8. The zero-order chi connectivity index (χ0) is 18.7. The Labute approximate surface area is 149 Å². The number of rotatable bonds is 3. The van der Waals surface area contributed by atoms with Gasteiger partial charge in [0.2, 0.25) is 5.91 Å². The van der Waals surface area contributed by atoms with Gasteiger partial charge in [-0.2, -0.15) is 0 Å². The maximum absolute atomic E-state index is 12.8. The van der Waals surface area contributed by atoms with Crippen LogP contribution in [0, 0.1) is 6.92 Å². The smallest absolute Gasteiger partial charge is 0.254 e. The first-order valence-corrected chi connectivity index (χ1v) is 8.15. The Morgan fingerprint density at radius 3 is 2.92 bits per heavy atom. The summed E-state index contributed by atoms with van der Waals surface area (Å²) in [5.41, 5.74) is 0.658. The molecule has 1 aliphatic heterocycles. The number of amides is 2. The van der Waals surface area contributed by atoms with E-state index in [4.69, 9.17) is 4.74 Å². The van der Waals surface area contributed by atoms with Crippen molar-refractivity contribution in [2.45, 2.75) is 20.0 Å². The number of aromatic nitrogens is 3. The molecule has 0 aliphatic carbocycles. The monoisotopic (exact) mass is 357 g/mol. The summed E-state index contributed by atoms with van der Waals surface area (Å²) in [5, 5.41) is 2.56. The van der Waals surface area contributed by atoms with E-state index in [-0.39, 0.29) is 23.9 Å². The number of aryl methyl sites for hydroxylation is 1. The minimum atomic E-state index is -0.467. The Bertz CT molecular complexity index is 895. The van der Waals surface area contributed by atoms with Crippen LogP contribution in [0.25, 0.3) is 0 Å². The molecule has 1 fully saturated rings. The number of aromatic amines is 1. The van der Waals surface area contributed by atoms with Crippen molar-refractivity contribution in [3.63, 3.8) is 0 Å². The van der Waals surface area contributed by atoms with Crippen molar-refractivity contribution in [1.29, 1.82) is 0 Å². The van der Waals surface area contributed by atoms with Crippen molar-refractivity contribution in [3.8, 4) is 0 Å². The quantitative estimate of drug-likeness (QED) is 0.833. The van der Waals surface area contributed by atoms with Gasteiger partial charge in [0.1, 0.15) is 17.7 Å². The SMILES string of the molecule is CC(=O)Nc1cc(C(=O)N2CCO[C@@H](c3cc(=O)[nH]c(C)n3)C2)ccn1. The first-order chi connectivity index (χ1) is 12.4. The summed E-state index contributed by atoms with van der Waals surface area (Å²) < 4.78 is 5.69. The van der Waals surface area contributed by atoms with Crippen LogP contribution >= 0.6 is 0 Å². The van der Waals surface area contributed by atoms with Crippen LogP contribution in [-0.2, 0) is 9.53 Å². The van der Waals surface area contributed by atoms with Crippen LogP contribution < -0.4 is 10.9 Å². The van der Waals surface area contributed by atoms with Gasteiger partial charge < -0.3 is 19.9 Å². The molecular formula is C17H19N5O4. The van der Waals surface area contributed by atoms with E-state index in [9.17, 15) is 14.4 Å². The Morgan fingerprint density at radius 2 is 2.19 bits per heavy atom. The summed E-state index contributed by atoms with van der Waals surface area (Å²) in [6.45, 7) is 4.12. The molecule has 0 unspecified atom stereocenters. The molecule has 1 aliphatic rings. The number of carbonyl (C=O) groups excluding carboxylic acids is 2. The molecule has 2 amide bonds. The van der Waals surface area contributed by atoms with Crippen LogP contribution in [0.2, 0.25) is 0 Å². The van der Waals surface area contributed by atoms with Crippen LogP contribution in [0.15, 0.2) is 29.2 Å². The van der Waals surface area contributed by atoms with Crippen molar-refractivity contribution in [2.75, 3.05) is 25.0 Å². The number of nitrogens with one attached hydrogen (secondary N) is 2. The molecule has 0 aromatic carbocycles. The first kappa shape index (κ1) is 17.7. The summed E-state index contributed by atoms with van der Waals surface area (Å²) in [6, 6.07) is 4.50. The maximum Gasteiger partial charge on any atom is 0.254 e. The average Bonchev–Trinajstić information content (AvgIpc) is 2.60. The standard InChI is InChI=1S/C17H19N5O4/c1-10-19-13(8-16(24)20-10)14-9-22(5-6-26-14)17(25)12-3-4-18-15(7-12)21-11(2)23/h3-4,7-8,14H,5-6,9H2,1-2H3,(H,18,21,23)(H,19,20,24)/t14-/m1/s1. The second-order valence-electron chi connectivity index (χ2n) is 5.98. The van der Waals surface area contributed by atoms with Gasteiger partial charge in [-0.25, -0.2) is 9.97 Å². The van der Waals surface area contributed by atoms with E-state index in [1.54, 1.807) is 17.9 Å². The summed E-state index contributed by atoms with van der Waals surface area (Å²) in [5.74, 6) is 0.354. The van der Waals surface area contributed by atoms with E-state index in [2.05, 4.69) is 20.3 Å². The number of carbonyl (C=O) groups is 2. The molecule has 2 aromatic rings. The fourth-order valence-corrected chi connectivity index (χ4v) is 2.78. The Hall–Kier alpha value is -3.07. The van der Waals surface area contributed by atoms with Crippen LogP contribution in [0.3, 0.4) is 0 Å². The molecule has 1 saturated heterocycles. The Kier molecular flexibility index (Phi) is 5.08. The van der Waals surface area contributed by atoms with Crippen molar-refractivity contribution < 1.29 is 14.3 Å². The van der Waals surface area contributed by atoms with E-state index in [0.717, 1.165) is 0 Å². The van der Waals surface area contributed by atoms with Crippen molar-refractivity contribution in [3.05, 3.63) is 51.8 Å². The van der Waals surface area contributed by atoms with Crippen LogP contribution in [0.5, 0.6) is 0 Å². The third kappa shape index (κ3) is 4.12. The molecule has 0 spiro atoms. The summed E-state index contributed by atoms with van der Waals surface area (Å²) in [6.07, 6.45) is 1.00. The second kappa shape index (κ2) is 7.44. The molecule has 2 aromatic heterocycles. The lowest BCUT2D eigenvalue weighted by molar-refractivity contribution is -0.114. The van der Waals surface area contributed by atoms with Gasteiger partial charge >= 0.3 is 0 Å². The molecule has 0 radical (unpaired) electrons. The number of hydrogen-bond acceptors (Lipinski definition) is 6. The number of morpholine rings is 1. The summed E-state index contributed by atoms with van der Waals surface area (Å²) in [4.78, 5) is 48.1. The molecule has 1 atom stereocenters. The fourth-order valence-electron chi connectivity index (χ4n) is 2.78. The van der Waals surface area contributed by atoms with E-state index >= 15 is 0 Å². The van der Waals surface area contributed by atoms with Crippen LogP contribution in [0.4, 0.5) is 5.82 Å². The van der Waals surface area contributed by atoms with Gasteiger partial charge in [0, 0.05) is 31.3 Å². The minimum absolute atomic E-state index is 0.200. The molecule has 0 bridgehead atoms. The predicted octanol–water partition coefficient (Wildman–Crippen LogP) is 0.645. The van der Waals surface area contributed by atoms with E-state index in [1.807, 2.05) is 0 Å². The zero-order valence-electron chi connectivity index (χ0n) is 14.5. The van der Waals surface area contributed by atoms with E-state index in [1.165, 1.54) is 25.3 Å².